The standard InChI is InChI=1S/C12H23N2.C6H12N.Np/c13-10-6-8-12(9-7-10)14-11-4-2-1-3-5-11;7-6-4-2-1-3-5-6;/h1,10-12,14H,2-9,13H2;1,6H,2-5,7H2;/q2*-1;. The van der Waals surface area contributed by atoms with E-state index in [1.165, 1.54) is 77.0 Å². The molecular formula is C18H35N3Np-2. The molecular weight excluding hydrogens is 495 g/mol. The van der Waals surface area contributed by atoms with Crippen molar-refractivity contribution >= 4 is 0 Å². The minimum Gasteiger partial charge on any atom is -0.328 e. The van der Waals surface area contributed by atoms with E-state index in [0.29, 0.717) is 12.1 Å². The van der Waals surface area contributed by atoms with Gasteiger partial charge in [0.25, 0.3) is 0 Å². The first-order valence-corrected chi connectivity index (χ1v) is 9.14. The molecule has 0 heterocycles. The first kappa shape index (κ1) is 20.9. The molecule has 0 aromatic rings. The van der Waals surface area contributed by atoms with E-state index in [-0.39, 0.29) is 29.9 Å². The molecule has 3 aliphatic carbocycles. The fourth-order valence-corrected chi connectivity index (χ4v) is 3.67. The minimum absolute atomic E-state index is 0. The maximum Gasteiger partial charge on any atom is 0.00707 e. The zero-order chi connectivity index (χ0) is 14.9. The van der Waals surface area contributed by atoms with Crippen LogP contribution in [0.2, 0.25) is 0 Å². The normalized spacial score (nSPS) is 30.8. The molecule has 0 aromatic carbocycles. The van der Waals surface area contributed by atoms with E-state index in [0.717, 1.165) is 12.1 Å². The number of rotatable bonds is 2. The van der Waals surface area contributed by atoms with Gasteiger partial charge < -0.3 is 29.6 Å². The van der Waals surface area contributed by atoms with Gasteiger partial charge in [-0.05, 0) is 31.7 Å². The zero-order valence-electron chi connectivity index (χ0n) is 14.1. The van der Waals surface area contributed by atoms with Crippen LogP contribution in [0.5, 0.6) is 0 Å². The van der Waals surface area contributed by atoms with Crippen molar-refractivity contribution < 1.29 is 29.9 Å². The summed E-state index contributed by atoms with van der Waals surface area (Å²) >= 11 is 0. The van der Waals surface area contributed by atoms with Crippen LogP contribution in [0.25, 0.3) is 0 Å². The Kier molecular flexibility index (Phi) is 11.7. The van der Waals surface area contributed by atoms with Crippen LogP contribution >= 0.6 is 0 Å². The molecule has 4 heteroatoms. The first-order valence-electron chi connectivity index (χ1n) is 9.14. The van der Waals surface area contributed by atoms with Gasteiger partial charge in [-0.1, -0.05) is 25.7 Å². The van der Waals surface area contributed by atoms with Gasteiger partial charge in [-0.3, -0.25) is 0 Å². The zero-order valence-corrected chi connectivity index (χ0v) is 17.8. The van der Waals surface area contributed by atoms with Crippen molar-refractivity contribution in [3.63, 3.8) is 0 Å². The predicted molar refractivity (Wildman–Crippen MR) is 90.7 cm³/mol. The number of hydrogen-bond donors (Lipinski definition) is 3. The van der Waals surface area contributed by atoms with Gasteiger partial charge in [0.15, 0.2) is 0 Å². The summed E-state index contributed by atoms with van der Waals surface area (Å²) in [6.45, 7) is 0. The predicted octanol–water partition coefficient (Wildman–Crippen LogP) is 3.08. The maximum atomic E-state index is 5.90. The third-order valence-corrected chi connectivity index (χ3v) is 5.16. The SMILES string of the molecule is NC1CCC(NC2CC[CH-]CC2)CC1.NC1CC[CH-]CC1.[Np]. The Bertz CT molecular complexity index is 255. The van der Waals surface area contributed by atoms with Gasteiger partial charge in [0.05, 0.1) is 0 Å². The van der Waals surface area contributed by atoms with Gasteiger partial charge in [0, 0.05) is 48.1 Å². The summed E-state index contributed by atoms with van der Waals surface area (Å²) in [5.74, 6) is 0. The Morgan fingerprint density at radius 1 is 0.591 bits per heavy atom. The third-order valence-electron chi connectivity index (χ3n) is 5.16. The maximum absolute atomic E-state index is 5.90. The first-order chi connectivity index (χ1) is 10.2. The molecule has 0 aromatic heterocycles. The fourth-order valence-electron chi connectivity index (χ4n) is 3.67. The molecule has 0 amide bonds. The van der Waals surface area contributed by atoms with Gasteiger partial charge in [-0.15, -0.1) is 0 Å². The van der Waals surface area contributed by atoms with Crippen molar-refractivity contribution in [2.75, 3.05) is 0 Å². The van der Waals surface area contributed by atoms with Crippen LogP contribution in [0.3, 0.4) is 0 Å². The average Bonchev–Trinajstić information content (AvgIpc) is 2.52. The molecule has 22 heavy (non-hydrogen) atoms. The molecule has 1 radical (unpaired) electrons. The number of hydrogen-bond acceptors (Lipinski definition) is 3. The molecule has 0 bridgehead atoms. The second kappa shape index (κ2) is 12.3. The molecule has 0 aliphatic heterocycles. The molecule has 0 unspecified atom stereocenters. The summed E-state index contributed by atoms with van der Waals surface area (Å²) in [4.78, 5) is 0. The summed E-state index contributed by atoms with van der Waals surface area (Å²) in [6, 6.07) is 2.54. The van der Waals surface area contributed by atoms with Crippen LogP contribution in [0.4, 0.5) is 0 Å². The summed E-state index contributed by atoms with van der Waals surface area (Å²) < 4.78 is 0. The Morgan fingerprint density at radius 2 is 1.00 bits per heavy atom. The largest absolute Gasteiger partial charge is 0.328 e. The van der Waals surface area contributed by atoms with Crippen LogP contribution in [0, 0.1) is 42.8 Å². The van der Waals surface area contributed by atoms with Crippen molar-refractivity contribution in [3.05, 3.63) is 12.8 Å². The second-order valence-electron chi connectivity index (χ2n) is 7.12. The molecule has 0 spiro atoms. The summed E-state index contributed by atoms with van der Waals surface area (Å²) in [5, 5.41) is 3.80. The molecule has 3 fully saturated rings. The van der Waals surface area contributed by atoms with E-state index in [1.54, 1.807) is 0 Å². The van der Waals surface area contributed by atoms with Crippen LogP contribution in [-0.4, -0.2) is 24.2 Å². The molecule has 3 aliphatic rings. The average molecular weight is 530 g/mol. The molecule has 3 rings (SSSR count). The van der Waals surface area contributed by atoms with Gasteiger partial charge in [-0.25, -0.2) is 0 Å². The molecule has 129 valence electrons. The van der Waals surface area contributed by atoms with Gasteiger partial charge in [0.1, 0.15) is 0 Å². The quantitative estimate of drug-likeness (QED) is 0.481. The van der Waals surface area contributed by atoms with Crippen molar-refractivity contribution in [2.45, 2.75) is 101 Å². The number of nitrogens with two attached hydrogens (primary N) is 2. The molecule has 0 saturated heterocycles. The molecule has 3 saturated carbocycles. The minimum atomic E-state index is 0. The van der Waals surface area contributed by atoms with Gasteiger partial charge in [-0.2, -0.15) is 25.7 Å². The van der Waals surface area contributed by atoms with Crippen molar-refractivity contribution in [3.8, 4) is 0 Å². The topological polar surface area (TPSA) is 64.1 Å². The smallest absolute Gasteiger partial charge is 0.00707 e. The Labute approximate surface area is 160 Å². The van der Waals surface area contributed by atoms with Crippen LogP contribution in [0.15, 0.2) is 0 Å². The molecule has 3 nitrogen and oxygen atoms in total. The Hall–Kier alpha value is 0.893. The summed E-state index contributed by atoms with van der Waals surface area (Å²) in [7, 11) is 0. The van der Waals surface area contributed by atoms with E-state index >= 15 is 0 Å². The van der Waals surface area contributed by atoms with Crippen LogP contribution in [0.1, 0.15) is 77.0 Å². The fraction of sp³-hybridized carbons (Fsp3) is 0.889. The van der Waals surface area contributed by atoms with E-state index < -0.39 is 0 Å². The van der Waals surface area contributed by atoms with Gasteiger partial charge >= 0.3 is 0 Å². The Morgan fingerprint density at radius 3 is 1.45 bits per heavy atom. The van der Waals surface area contributed by atoms with Crippen LogP contribution < -0.4 is 16.8 Å². The summed E-state index contributed by atoms with van der Waals surface area (Å²) in [5.41, 5.74) is 11.5. The van der Waals surface area contributed by atoms with Crippen molar-refractivity contribution in [1.29, 1.82) is 0 Å². The summed E-state index contributed by atoms with van der Waals surface area (Å²) in [6.07, 6.45) is 20.0. The molecule has 5 N–H and O–H groups in total. The monoisotopic (exact) mass is 529 g/mol. The van der Waals surface area contributed by atoms with Crippen molar-refractivity contribution in [1.82, 2.24) is 5.32 Å². The van der Waals surface area contributed by atoms with E-state index in [1.807, 2.05) is 0 Å². The molecule has 0 atom stereocenters. The number of nitrogens with one attached hydrogen (secondary N) is 1. The van der Waals surface area contributed by atoms with E-state index in [9.17, 15) is 0 Å². The Balaban J connectivity index is 0.000000258. The second-order valence-corrected chi connectivity index (χ2v) is 7.12. The van der Waals surface area contributed by atoms with Crippen LogP contribution in [-0.2, 0) is 0 Å². The van der Waals surface area contributed by atoms with Crippen molar-refractivity contribution in [2.24, 2.45) is 11.5 Å². The third kappa shape index (κ3) is 8.66. The van der Waals surface area contributed by atoms with E-state index in [4.69, 9.17) is 11.5 Å². The van der Waals surface area contributed by atoms with E-state index in [2.05, 4.69) is 18.2 Å². The van der Waals surface area contributed by atoms with Gasteiger partial charge in [0.2, 0.25) is 0 Å².